The molecule has 4 fully saturated rings. The Balaban J connectivity index is 1.77. The summed E-state index contributed by atoms with van der Waals surface area (Å²) >= 11 is 0. The molecule has 206 valence electrons. The monoisotopic (exact) mass is 516 g/mol. The SMILES string of the molecule is C=C[C@]1(C)CC[C@H]2[C@@]3(C)[C@H](CC(=O)[C@]2(C)O1)C(C)(C)[C@@H](OC(=O)[C@@]1(C)O[C@@H]1C)C[C@H]3OC(=O)/C(C)=C\C. The highest BCUT2D eigenvalue weighted by Gasteiger charge is 2.71. The summed E-state index contributed by atoms with van der Waals surface area (Å²) in [6, 6.07) is 0. The second kappa shape index (κ2) is 8.77. The van der Waals surface area contributed by atoms with Crippen molar-refractivity contribution < 1.29 is 33.3 Å². The molecule has 0 radical (unpaired) electrons. The van der Waals surface area contributed by atoms with Crippen LogP contribution in [-0.4, -0.2) is 52.8 Å². The average Bonchev–Trinajstić information content (AvgIpc) is 3.45. The third-order valence-electron chi connectivity index (χ3n) is 10.6. The highest BCUT2D eigenvalue weighted by Crippen LogP contribution is 2.66. The molecule has 7 nitrogen and oxygen atoms in total. The summed E-state index contributed by atoms with van der Waals surface area (Å²) in [6.45, 7) is 21.2. The number of fused-ring (bicyclic) bond motifs is 3. The van der Waals surface area contributed by atoms with E-state index in [0.29, 0.717) is 18.4 Å². The predicted molar refractivity (Wildman–Crippen MR) is 139 cm³/mol. The maximum atomic E-state index is 13.9. The van der Waals surface area contributed by atoms with Gasteiger partial charge in [-0.3, -0.25) is 4.79 Å². The maximum absolute atomic E-state index is 13.9. The summed E-state index contributed by atoms with van der Waals surface area (Å²) in [5, 5.41) is 0. The summed E-state index contributed by atoms with van der Waals surface area (Å²) in [5.74, 6) is -1.14. The van der Waals surface area contributed by atoms with Crippen LogP contribution in [0.1, 0.15) is 88.0 Å². The van der Waals surface area contributed by atoms with E-state index in [1.54, 1.807) is 32.9 Å². The van der Waals surface area contributed by atoms with Crippen molar-refractivity contribution in [2.75, 3.05) is 0 Å². The van der Waals surface area contributed by atoms with Gasteiger partial charge in [0.25, 0.3) is 0 Å². The highest BCUT2D eigenvalue weighted by atomic mass is 16.7. The van der Waals surface area contributed by atoms with E-state index in [1.165, 1.54) is 0 Å². The number of rotatable bonds is 5. The summed E-state index contributed by atoms with van der Waals surface area (Å²) in [6.07, 6.45) is 4.24. The van der Waals surface area contributed by atoms with Crippen LogP contribution in [-0.2, 0) is 33.3 Å². The molecule has 0 aromatic heterocycles. The summed E-state index contributed by atoms with van der Waals surface area (Å²) in [7, 11) is 0. The number of epoxide rings is 1. The smallest absolute Gasteiger partial charge is 0.341 e. The fourth-order valence-electron chi connectivity index (χ4n) is 7.46. The van der Waals surface area contributed by atoms with Gasteiger partial charge >= 0.3 is 11.9 Å². The van der Waals surface area contributed by atoms with Crippen LogP contribution in [0, 0.1) is 22.7 Å². The van der Waals surface area contributed by atoms with Gasteiger partial charge < -0.3 is 18.9 Å². The van der Waals surface area contributed by atoms with Crippen molar-refractivity contribution in [3.8, 4) is 0 Å². The lowest BCUT2D eigenvalue weighted by molar-refractivity contribution is -0.274. The molecular weight excluding hydrogens is 472 g/mol. The lowest BCUT2D eigenvalue weighted by Gasteiger charge is -2.66. The fraction of sp³-hybridized carbons (Fsp3) is 0.767. The molecule has 0 aromatic carbocycles. The minimum Gasteiger partial charge on any atom is -0.459 e. The number of carbonyl (C=O) groups is 3. The number of allylic oxidation sites excluding steroid dienone is 1. The van der Waals surface area contributed by atoms with Crippen LogP contribution in [0.4, 0.5) is 0 Å². The van der Waals surface area contributed by atoms with Gasteiger partial charge in [-0.25, -0.2) is 9.59 Å². The molecule has 4 aliphatic rings. The second-order valence-corrected chi connectivity index (χ2v) is 13.0. The molecule has 2 saturated heterocycles. The van der Waals surface area contributed by atoms with Crippen LogP contribution < -0.4 is 0 Å². The van der Waals surface area contributed by atoms with Crippen molar-refractivity contribution in [3.63, 3.8) is 0 Å². The van der Waals surface area contributed by atoms with E-state index in [1.807, 2.05) is 20.8 Å². The van der Waals surface area contributed by atoms with Gasteiger partial charge in [0, 0.05) is 35.2 Å². The van der Waals surface area contributed by atoms with Crippen LogP contribution in [0.5, 0.6) is 0 Å². The van der Waals surface area contributed by atoms with Gasteiger partial charge in [-0.1, -0.05) is 32.9 Å². The van der Waals surface area contributed by atoms with Gasteiger partial charge in [0.2, 0.25) is 0 Å². The first-order valence-corrected chi connectivity index (χ1v) is 13.6. The van der Waals surface area contributed by atoms with E-state index in [-0.39, 0.29) is 30.1 Å². The van der Waals surface area contributed by atoms with Crippen LogP contribution in [0.25, 0.3) is 0 Å². The number of carbonyl (C=O) groups excluding carboxylic acids is 3. The quantitative estimate of drug-likeness (QED) is 0.217. The average molecular weight is 517 g/mol. The summed E-state index contributed by atoms with van der Waals surface area (Å²) in [5.41, 5.74) is -3.20. The Morgan fingerprint density at radius 1 is 1.05 bits per heavy atom. The fourth-order valence-corrected chi connectivity index (χ4v) is 7.46. The van der Waals surface area contributed by atoms with Crippen LogP contribution in [0.3, 0.4) is 0 Å². The van der Waals surface area contributed by atoms with E-state index < -0.39 is 51.8 Å². The number of Topliss-reactive ketones (excluding diaryl/α,β-unsaturated/α-hetero) is 1. The third kappa shape index (κ3) is 4.12. The third-order valence-corrected chi connectivity index (χ3v) is 10.6. The van der Waals surface area contributed by atoms with Crippen LogP contribution in [0.15, 0.2) is 24.3 Å². The van der Waals surface area contributed by atoms with E-state index in [4.69, 9.17) is 18.9 Å². The Hall–Kier alpha value is -1.99. The molecule has 4 rings (SSSR count). The number of hydrogen-bond donors (Lipinski definition) is 0. The summed E-state index contributed by atoms with van der Waals surface area (Å²) < 4.78 is 24.4. The van der Waals surface area contributed by atoms with E-state index >= 15 is 0 Å². The second-order valence-electron chi connectivity index (χ2n) is 13.0. The van der Waals surface area contributed by atoms with Gasteiger partial charge in [-0.15, -0.1) is 6.58 Å². The molecule has 0 N–H and O–H groups in total. The Labute approximate surface area is 221 Å². The lowest BCUT2D eigenvalue weighted by atomic mass is 9.42. The van der Waals surface area contributed by atoms with Gasteiger partial charge in [0.15, 0.2) is 11.4 Å². The standard InChI is InChI=1S/C30H44O7/c1-11-17(3)24(32)34-23-16-22(35-25(33)29(9)18(4)36-29)26(5,6)20-15-21(31)30(10)19(28(20,23)8)13-14-27(7,12-2)37-30/h11-12,18-20,22-23H,2,13-16H2,1,3-10H3/b17-11-/t18-,19+,20-,22+,23-,27-,28+,29+,30-/m1/s1. The highest BCUT2D eigenvalue weighted by molar-refractivity contribution is 5.90. The first-order chi connectivity index (χ1) is 17.0. The molecule has 0 amide bonds. The zero-order chi connectivity index (χ0) is 27.8. The topological polar surface area (TPSA) is 91.4 Å². The van der Waals surface area contributed by atoms with E-state index in [0.717, 1.165) is 6.42 Å². The predicted octanol–water partition coefficient (Wildman–Crippen LogP) is 5.11. The van der Waals surface area contributed by atoms with Gasteiger partial charge in [-0.05, 0) is 60.3 Å². The molecule has 37 heavy (non-hydrogen) atoms. The molecule has 0 bridgehead atoms. The first kappa shape index (κ1) is 28.0. The molecule has 2 aliphatic carbocycles. The first-order valence-electron chi connectivity index (χ1n) is 13.6. The van der Waals surface area contributed by atoms with Crippen molar-refractivity contribution in [2.24, 2.45) is 22.7 Å². The molecule has 0 unspecified atom stereocenters. The van der Waals surface area contributed by atoms with Crippen molar-refractivity contribution in [1.82, 2.24) is 0 Å². The molecule has 2 aliphatic heterocycles. The molecule has 2 heterocycles. The van der Waals surface area contributed by atoms with Crippen molar-refractivity contribution >= 4 is 17.7 Å². The Morgan fingerprint density at radius 3 is 2.22 bits per heavy atom. The number of hydrogen-bond acceptors (Lipinski definition) is 7. The molecule has 0 aromatic rings. The zero-order valence-electron chi connectivity index (χ0n) is 23.9. The number of esters is 2. The van der Waals surface area contributed by atoms with Crippen LogP contribution >= 0.6 is 0 Å². The van der Waals surface area contributed by atoms with Crippen molar-refractivity contribution in [1.29, 1.82) is 0 Å². The molecule has 7 heteroatoms. The summed E-state index contributed by atoms with van der Waals surface area (Å²) in [4.78, 5) is 40.0. The zero-order valence-corrected chi connectivity index (χ0v) is 23.9. The van der Waals surface area contributed by atoms with Gasteiger partial charge in [-0.2, -0.15) is 0 Å². The lowest BCUT2D eigenvalue weighted by Crippen LogP contribution is -2.72. The minimum absolute atomic E-state index is 0.0358. The largest absolute Gasteiger partial charge is 0.459 e. The molecule has 9 atom stereocenters. The van der Waals surface area contributed by atoms with Gasteiger partial charge in [0.05, 0.1) is 11.7 Å². The molecule has 2 saturated carbocycles. The normalized spacial score (nSPS) is 46.8. The molecule has 0 spiro atoms. The number of ether oxygens (including phenoxy) is 4. The van der Waals surface area contributed by atoms with Crippen molar-refractivity contribution in [3.05, 3.63) is 24.3 Å². The Morgan fingerprint density at radius 2 is 1.68 bits per heavy atom. The minimum atomic E-state index is -1.03. The van der Waals surface area contributed by atoms with Gasteiger partial charge in [0.1, 0.15) is 17.8 Å². The Kier molecular flexibility index (Phi) is 6.64. The van der Waals surface area contributed by atoms with Crippen molar-refractivity contribution in [2.45, 2.75) is 123 Å². The number of ketones is 1. The van der Waals surface area contributed by atoms with Crippen LogP contribution in [0.2, 0.25) is 0 Å². The van der Waals surface area contributed by atoms with E-state index in [2.05, 4.69) is 27.4 Å². The van der Waals surface area contributed by atoms with E-state index in [9.17, 15) is 14.4 Å². The Bertz CT molecular complexity index is 1040. The maximum Gasteiger partial charge on any atom is 0.341 e. The molecular formula is C30H44O7.